The number of hydrogen-bond acceptors (Lipinski definition) is 5. The highest BCUT2D eigenvalue weighted by Crippen LogP contribution is 2.29. The second-order valence-corrected chi connectivity index (χ2v) is 6.59. The summed E-state index contributed by atoms with van der Waals surface area (Å²) in [7, 11) is 1.85. The van der Waals surface area contributed by atoms with Crippen LogP contribution in [0.1, 0.15) is 42.1 Å². The molecule has 2 aromatic rings. The van der Waals surface area contributed by atoms with Crippen molar-refractivity contribution in [3.8, 4) is 0 Å². The summed E-state index contributed by atoms with van der Waals surface area (Å²) in [5.41, 5.74) is -0.869. The number of hydrogen-bond donors (Lipinski definition) is 2. The maximum atomic E-state index is 12.6. The van der Waals surface area contributed by atoms with E-state index in [9.17, 15) is 13.2 Å². The topological polar surface area (TPSA) is 80.0 Å². The molecule has 2 heterocycles. The Morgan fingerprint density at radius 2 is 2.08 bits per heavy atom. The van der Waals surface area contributed by atoms with Crippen LogP contribution in [0.3, 0.4) is 0 Å². The number of aryl methyl sites for hydroxylation is 1. The minimum Gasteiger partial charge on any atom is -0.356 e. The van der Waals surface area contributed by atoms with Gasteiger partial charge in [-0.05, 0) is 13.3 Å². The normalized spacial score (nSPS) is 12.5. The predicted octanol–water partition coefficient (Wildman–Crippen LogP) is 2.63. The highest BCUT2D eigenvalue weighted by molar-refractivity contribution is 7.09. The maximum Gasteiger partial charge on any atom is 0.434 e. The molecule has 0 radical (unpaired) electrons. The molecule has 0 aliphatic carbocycles. The van der Waals surface area contributed by atoms with Crippen molar-refractivity contribution in [2.45, 2.75) is 46.0 Å². The number of aliphatic imine (C=N–C) groups is 1. The first-order valence-electron chi connectivity index (χ1n) is 8.20. The average molecular weight is 389 g/mol. The second kappa shape index (κ2) is 8.97. The summed E-state index contributed by atoms with van der Waals surface area (Å²) in [5, 5.41) is 15.6. The van der Waals surface area contributed by atoms with Gasteiger partial charge in [0.25, 0.3) is 0 Å². The van der Waals surface area contributed by atoms with Gasteiger partial charge in [0.2, 0.25) is 0 Å². The fraction of sp³-hybridized carbons (Fsp3) is 0.600. The van der Waals surface area contributed by atoms with Crippen molar-refractivity contribution in [3.63, 3.8) is 0 Å². The minimum atomic E-state index is -4.42. The van der Waals surface area contributed by atoms with Gasteiger partial charge in [-0.25, -0.2) is 9.98 Å². The van der Waals surface area contributed by atoms with Gasteiger partial charge in [0.05, 0.1) is 6.54 Å². The number of nitrogens with zero attached hydrogens (tertiary/aromatic N) is 5. The average Bonchev–Trinajstić information content (AvgIpc) is 3.18. The van der Waals surface area contributed by atoms with E-state index in [1.807, 2.05) is 18.5 Å². The Balaban J connectivity index is 2.00. The summed E-state index contributed by atoms with van der Waals surface area (Å²) in [5.74, 6) is 1.99. The molecule has 144 valence electrons. The fourth-order valence-corrected chi connectivity index (χ4v) is 2.72. The van der Waals surface area contributed by atoms with E-state index in [1.54, 1.807) is 0 Å². The predicted molar refractivity (Wildman–Crippen MR) is 93.7 cm³/mol. The Hall–Kier alpha value is -2.17. The van der Waals surface area contributed by atoms with Crippen LogP contribution in [0.2, 0.25) is 0 Å². The van der Waals surface area contributed by atoms with Gasteiger partial charge in [-0.15, -0.1) is 21.5 Å². The summed E-state index contributed by atoms with van der Waals surface area (Å²) in [4.78, 5) is 8.04. The van der Waals surface area contributed by atoms with Crippen molar-refractivity contribution in [2.24, 2.45) is 12.0 Å². The second-order valence-electron chi connectivity index (χ2n) is 5.65. The molecule has 0 saturated carbocycles. The monoisotopic (exact) mass is 389 g/mol. The Labute approximate surface area is 153 Å². The van der Waals surface area contributed by atoms with Gasteiger partial charge in [0.1, 0.15) is 17.4 Å². The number of halogens is 3. The van der Waals surface area contributed by atoms with Crippen molar-refractivity contribution in [3.05, 3.63) is 27.7 Å². The molecule has 0 bridgehead atoms. The summed E-state index contributed by atoms with van der Waals surface area (Å²) in [6.45, 7) is 5.11. The number of unbranched alkanes of at least 4 members (excludes halogenated alkanes) is 1. The zero-order valence-electron chi connectivity index (χ0n) is 14.9. The number of rotatable bonds is 7. The highest BCUT2D eigenvalue weighted by atomic mass is 32.1. The number of thiazole rings is 1. The zero-order chi connectivity index (χ0) is 19.2. The molecule has 7 nitrogen and oxygen atoms in total. The standard InChI is InChI=1S/C15H22F3N7S/c1-4-5-6-19-14(20-7-12-24-23-10(2)25(12)3)21-8-13-22-11(9-26-13)15(16,17)18/h9H,4-8H2,1-3H3,(H2,19,20,21). The van der Waals surface area contributed by atoms with Gasteiger partial charge in [0, 0.05) is 19.0 Å². The molecule has 0 unspecified atom stereocenters. The summed E-state index contributed by atoms with van der Waals surface area (Å²) >= 11 is 0.964. The van der Waals surface area contributed by atoms with E-state index in [-0.39, 0.29) is 6.54 Å². The van der Waals surface area contributed by atoms with Crippen LogP contribution in [-0.2, 0) is 26.3 Å². The molecule has 2 N–H and O–H groups in total. The van der Waals surface area contributed by atoms with Crippen LogP contribution in [0.25, 0.3) is 0 Å². The number of alkyl halides is 3. The smallest absolute Gasteiger partial charge is 0.356 e. The van der Waals surface area contributed by atoms with Crippen LogP contribution in [0.4, 0.5) is 13.2 Å². The van der Waals surface area contributed by atoms with E-state index in [1.165, 1.54) is 0 Å². The first kappa shape index (κ1) is 20.1. The van der Waals surface area contributed by atoms with Crippen LogP contribution in [0.5, 0.6) is 0 Å². The highest BCUT2D eigenvalue weighted by Gasteiger charge is 2.33. The number of nitrogens with one attached hydrogen (secondary N) is 2. The molecule has 2 rings (SSSR count). The van der Waals surface area contributed by atoms with Gasteiger partial charge in [-0.3, -0.25) is 0 Å². The van der Waals surface area contributed by atoms with Gasteiger partial charge < -0.3 is 15.2 Å². The molecule has 26 heavy (non-hydrogen) atoms. The summed E-state index contributed by atoms with van der Waals surface area (Å²) in [6, 6.07) is 0. The quantitative estimate of drug-likeness (QED) is 0.432. The van der Waals surface area contributed by atoms with E-state index < -0.39 is 11.9 Å². The van der Waals surface area contributed by atoms with Gasteiger partial charge in [-0.2, -0.15) is 13.2 Å². The molecule has 0 aliphatic rings. The largest absolute Gasteiger partial charge is 0.434 e. The fourth-order valence-electron chi connectivity index (χ4n) is 1.98. The molecule has 0 amide bonds. The van der Waals surface area contributed by atoms with Crippen molar-refractivity contribution in [1.82, 2.24) is 30.4 Å². The van der Waals surface area contributed by atoms with Gasteiger partial charge >= 0.3 is 6.18 Å². The molecule has 0 spiro atoms. The third-order valence-corrected chi connectivity index (χ3v) is 4.48. The molecule has 0 aliphatic heterocycles. The van der Waals surface area contributed by atoms with Crippen LogP contribution in [0, 0.1) is 6.92 Å². The summed E-state index contributed by atoms with van der Waals surface area (Å²) in [6.07, 6.45) is -2.45. The van der Waals surface area contributed by atoms with E-state index in [4.69, 9.17) is 0 Å². The van der Waals surface area contributed by atoms with E-state index in [2.05, 4.69) is 37.7 Å². The molecule has 2 aromatic heterocycles. The summed E-state index contributed by atoms with van der Waals surface area (Å²) < 4.78 is 39.7. The third-order valence-electron chi connectivity index (χ3n) is 3.63. The lowest BCUT2D eigenvalue weighted by atomic mass is 10.3. The molecule has 0 atom stereocenters. The molecular weight excluding hydrogens is 367 g/mol. The van der Waals surface area contributed by atoms with Gasteiger partial charge in [-0.1, -0.05) is 13.3 Å². The van der Waals surface area contributed by atoms with Gasteiger partial charge in [0.15, 0.2) is 17.5 Å². The lowest BCUT2D eigenvalue weighted by Crippen LogP contribution is -2.37. The van der Waals surface area contributed by atoms with Crippen molar-refractivity contribution in [1.29, 1.82) is 0 Å². The lowest BCUT2D eigenvalue weighted by molar-refractivity contribution is -0.140. The van der Waals surface area contributed by atoms with Crippen molar-refractivity contribution >= 4 is 17.3 Å². The third kappa shape index (κ3) is 5.68. The Morgan fingerprint density at radius 1 is 1.31 bits per heavy atom. The molecule has 11 heteroatoms. The molecule has 0 saturated heterocycles. The number of aromatic nitrogens is 4. The maximum absolute atomic E-state index is 12.6. The van der Waals surface area contributed by atoms with Crippen molar-refractivity contribution in [2.75, 3.05) is 6.54 Å². The van der Waals surface area contributed by atoms with E-state index in [0.717, 1.165) is 35.4 Å². The number of guanidine groups is 1. The van der Waals surface area contributed by atoms with Crippen LogP contribution < -0.4 is 10.6 Å². The Kier molecular flexibility index (Phi) is 6.95. The lowest BCUT2D eigenvalue weighted by Gasteiger charge is -2.11. The molecule has 0 aromatic carbocycles. The van der Waals surface area contributed by atoms with E-state index >= 15 is 0 Å². The Bertz CT molecular complexity index is 736. The zero-order valence-corrected chi connectivity index (χ0v) is 15.7. The first-order valence-corrected chi connectivity index (χ1v) is 9.08. The molecule has 0 fully saturated rings. The first-order chi connectivity index (χ1) is 12.3. The SMILES string of the molecule is CCCCNC(=NCc1nnc(C)n1C)NCc1nc(C(F)(F)F)cs1. The van der Waals surface area contributed by atoms with Crippen LogP contribution in [-0.4, -0.2) is 32.3 Å². The van der Waals surface area contributed by atoms with Crippen LogP contribution in [0.15, 0.2) is 10.4 Å². The molecular formula is C15H22F3N7S. The van der Waals surface area contributed by atoms with E-state index in [0.29, 0.717) is 29.9 Å². The van der Waals surface area contributed by atoms with Crippen molar-refractivity contribution < 1.29 is 13.2 Å². The van der Waals surface area contributed by atoms with Crippen LogP contribution >= 0.6 is 11.3 Å². The minimum absolute atomic E-state index is 0.163. The Morgan fingerprint density at radius 3 is 2.65 bits per heavy atom.